The molecule has 0 unspecified atom stereocenters. The Kier molecular flexibility index (Phi) is 9.41. The van der Waals surface area contributed by atoms with Crippen molar-refractivity contribution in [2.75, 3.05) is 9.80 Å². The number of thiophene rings is 1. The Morgan fingerprint density at radius 2 is 0.589 bits per heavy atom. The Morgan fingerprint density at radius 1 is 0.247 bits per heavy atom. The minimum atomic E-state index is 0.840. The first kappa shape index (κ1) is 41.4. The zero-order valence-corrected chi connectivity index (χ0v) is 40.2. The molecule has 0 fully saturated rings. The van der Waals surface area contributed by atoms with Gasteiger partial charge in [-0.05, 0) is 59.7 Å². The third kappa shape index (κ3) is 6.46. The molecule has 3 aromatic heterocycles. The molecule has 0 atom stereocenters. The average molecular weight is 951 g/mol. The number of hydrogen-bond acceptors (Lipinski definition) is 5. The van der Waals surface area contributed by atoms with Crippen molar-refractivity contribution in [2.45, 2.75) is 0 Å². The van der Waals surface area contributed by atoms with Crippen molar-refractivity contribution in [3.8, 4) is 22.3 Å². The van der Waals surface area contributed by atoms with Gasteiger partial charge < -0.3 is 18.6 Å². The molecule has 342 valence electrons. The van der Waals surface area contributed by atoms with Gasteiger partial charge in [0.15, 0.2) is 11.2 Å². The molecule has 0 aliphatic heterocycles. The predicted molar refractivity (Wildman–Crippen MR) is 309 cm³/mol. The fourth-order valence-corrected chi connectivity index (χ4v) is 12.7. The number of para-hydroxylation sites is 6. The molecule has 0 aliphatic carbocycles. The summed E-state index contributed by atoms with van der Waals surface area (Å²) in [6.07, 6.45) is 0. The van der Waals surface area contributed by atoms with Crippen LogP contribution in [0.3, 0.4) is 0 Å². The van der Waals surface area contributed by atoms with Crippen LogP contribution in [0.15, 0.2) is 264 Å². The SMILES string of the molecule is c1ccc(-c2ccccc2N(c2cc3c4cc(N(c5ccccc5-c5ccccc5)c5cccc6c5oc5ccccc56)c5ccccc5c4sc3c3ccccc23)c2cccc3c2oc2ccccc23)cc1. The molecule has 0 aliphatic rings. The molecule has 0 radical (unpaired) electrons. The van der Waals surface area contributed by atoms with Gasteiger partial charge in [-0.15, -0.1) is 11.3 Å². The van der Waals surface area contributed by atoms with Crippen LogP contribution in [0.1, 0.15) is 0 Å². The van der Waals surface area contributed by atoms with E-state index in [2.05, 4.69) is 252 Å². The van der Waals surface area contributed by atoms with Gasteiger partial charge in [-0.2, -0.15) is 0 Å². The lowest BCUT2D eigenvalue weighted by Gasteiger charge is -2.30. The molecular weight excluding hydrogens is 909 g/mol. The van der Waals surface area contributed by atoms with Crippen LogP contribution in [0.4, 0.5) is 34.1 Å². The van der Waals surface area contributed by atoms with Gasteiger partial charge >= 0.3 is 0 Å². The Morgan fingerprint density at radius 3 is 1.04 bits per heavy atom. The standard InChI is InChI=1S/C68H42N2O2S/c1-3-21-43(22-4-1)45-25-11-15-35-57(45)69(59-37-19-33-51-49-29-13-17-39-63(49)71-65(51)59)61-41-55-56-42-62(48-28-8-10-32-54(48)68(56)73-67(55)53-31-9-7-27-47(53)61)70(58-36-16-12-26-46(58)44-23-5-2-6-24-44)60-38-20-34-52-50-30-14-18-40-64(50)72-66(52)60/h1-42H. The maximum atomic E-state index is 6.92. The molecule has 0 saturated heterocycles. The summed E-state index contributed by atoms with van der Waals surface area (Å²) in [6.45, 7) is 0. The second-order valence-corrected chi connectivity index (χ2v) is 19.7. The molecule has 0 saturated carbocycles. The largest absolute Gasteiger partial charge is 0.454 e. The highest BCUT2D eigenvalue weighted by Gasteiger charge is 2.28. The van der Waals surface area contributed by atoms with E-state index in [4.69, 9.17) is 8.83 Å². The monoisotopic (exact) mass is 950 g/mol. The fraction of sp³-hybridized carbons (Fsp3) is 0. The van der Waals surface area contributed by atoms with Gasteiger partial charge in [-0.3, -0.25) is 0 Å². The molecule has 5 heteroatoms. The van der Waals surface area contributed by atoms with E-state index in [9.17, 15) is 0 Å². The Balaban J connectivity index is 1.07. The maximum absolute atomic E-state index is 6.92. The topological polar surface area (TPSA) is 32.8 Å². The van der Waals surface area contributed by atoms with Crippen molar-refractivity contribution < 1.29 is 8.83 Å². The van der Waals surface area contributed by atoms with Crippen LogP contribution in [0, 0.1) is 0 Å². The summed E-state index contributed by atoms with van der Waals surface area (Å²) in [5.41, 5.74) is 14.1. The van der Waals surface area contributed by atoms with Crippen LogP contribution in [0.5, 0.6) is 0 Å². The number of furan rings is 2. The number of nitrogens with zero attached hydrogens (tertiary/aromatic N) is 2. The summed E-state index contributed by atoms with van der Waals surface area (Å²) in [5, 5.41) is 11.4. The highest BCUT2D eigenvalue weighted by Crippen LogP contribution is 2.54. The first-order valence-corrected chi connectivity index (χ1v) is 25.6. The van der Waals surface area contributed by atoms with Crippen molar-refractivity contribution in [2.24, 2.45) is 0 Å². The molecule has 73 heavy (non-hydrogen) atoms. The molecule has 0 N–H and O–H groups in total. The van der Waals surface area contributed by atoms with Crippen molar-refractivity contribution >= 4 is 131 Å². The van der Waals surface area contributed by atoms with Gasteiger partial charge in [0.05, 0.1) is 34.1 Å². The number of benzene rings is 12. The summed E-state index contributed by atoms with van der Waals surface area (Å²) < 4.78 is 16.3. The van der Waals surface area contributed by atoms with Crippen molar-refractivity contribution in [1.29, 1.82) is 0 Å². The lowest BCUT2D eigenvalue weighted by Crippen LogP contribution is -2.12. The number of anilines is 6. The third-order valence-corrected chi connectivity index (χ3v) is 15.9. The summed E-state index contributed by atoms with van der Waals surface area (Å²) in [6, 6.07) is 91.6. The Labute approximate surface area is 424 Å². The highest BCUT2D eigenvalue weighted by molar-refractivity contribution is 7.27. The minimum absolute atomic E-state index is 0.840. The molecule has 4 nitrogen and oxygen atoms in total. The molecule has 0 amide bonds. The third-order valence-electron chi connectivity index (χ3n) is 14.6. The maximum Gasteiger partial charge on any atom is 0.159 e. The van der Waals surface area contributed by atoms with Gasteiger partial charge in [-0.25, -0.2) is 0 Å². The van der Waals surface area contributed by atoms with Gasteiger partial charge in [0, 0.05) is 74.4 Å². The van der Waals surface area contributed by atoms with E-state index >= 15 is 0 Å². The van der Waals surface area contributed by atoms with Crippen LogP contribution in [0.2, 0.25) is 0 Å². The van der Waals surface area contributed by atoms with E-state index in [0.717, 1.165) is 111 Å². The number of fused-ring (bicyclic) bond motifs is 13. The zero-order valence-electron chi connectivity index (χ0n) is 39.4. The van der Waals surface area contributed by atoms with E-state index in [-0.39, 0.29) is 0 Å². The summed E-state index contributed by atoms with van der Waals surface area (Å²) in [7, 11) is 0. The van der Waals surface area contributed by atoms with Gasteiger partial charge in [0.2, 0.25) is 0 Å². The first-order chi connectivity index (χ1) is 36.2. The van der Waals surface area contributed by atoms with E-state index < -0.39 is 0 Å². The van der Waals surface area contributed by atoms with Gasteiger partial charge in [0.25, 0.3) is 0 Å². The second kappa shape index (κ2) is 16.6. The Bertz CT molecular complexity index is 4350. The van der Waals surface area contributed by atoms with Crippen LogP contribution in [-0.2, 0) is 0 Å². The van der Waals surface area contributed by atoms with Gasteiger partial charge in [0.1, 0.15) is 11.2 Å². The summed E-state index contributed by atoms with van der Waals surface area (Å²) in [5.74, 6) is 0. The molecule has 15 aromatic rings. The zero-order chi connectivity index (χ0) is 48.0. The lowest BCUT2D eigenvalue weighted by molar-refractivity contribution is 0.669. The van der Waals surface area contributed by atoms with Crippen LogP contribution >= 0.6 is 11.3 Å². The second-order valence-electron chi connectivity index (χ2n) is 18.7. The lowest BCUT2D eigenvalue weighted by atomic mass is 9.97. The van der Waals surface area contributed by atoms with Crippen molar-refractivity contribution in [3.63, 3.8) is 0 Å². The number of hydrogen-bond donors (Lipinski definition) is 0. The minimum Gasteiger partial charge on any atom is -0.454 e. The summed E-state index contributed by atoms with van der Waals surface area (Å²) in [4.78, 5) is 4.90. The van der Waals surface area contributed by atoms with E-state index in [1.54, 1.807) is 0 Å². The molecule has 3 heterocycles. The van der Waals surface area contributed by atoms with E-state index in [0.29, 0.717) is 0 Å². The first-order valence-electron chi connectivity index (χ1n) is 24.7. The Hall–Kier alpha value is -9.42. The molecule has 15 rings (SSSR count). The van der Waals surface area contributed by atoms with E-state index in [1.165, 1.54) is 30.9 Å². The predicted octanol–water partition coefficient (Wildman–Crippen LogP) is 20.4. The normalized spacial score (nSPS) is 11.8. The summed E-state index contributed by atoms with van der Waals surface area (Å²) >= 11 is 1.88. The van der Waals surface area contributed by atoms with Crippen molar-refractivity contribution in [1.82, 2.24) is 0 Å². The van der Waals surface area contributed by atoms with Crippen LogP contribution < -0.4 is 9.80 Å². The quantitative estimate of drug-likeness (QED) is 0.152. The highest BCUT2D eigenvalue weighted by atomic mass is 32.1. The molecular formula is C68H42N2O2S. The van der Waals surface area contributed by atoms with E-state index in [1.807, 2.05) is 23.5 Å². The fourth-order valence-electron chi connectivity index (χ4n) is 11.4. The van der Waals surface area contributed by atoms with Crippen LogP contribution in [0.25, 0.3) is 108 Å². The molecule has 0 spiro atoms. The molecule has 12 aromatic carbocycles. The number of rotatable bonds is 8. The average Bonchev–Trinajstić information content (AvgIpc) is 4.17. The van der Waals surface area contributed by atoms with Crippen molar-refractivity contribution in [3.05, 3.63) is 255 Å². The smallest absolute Gasteiger partial charge is 0.159 e. The van der Waals surface area contributed by atoms with Gasteiger partial charge in [-0.1, -0.05) is 206 Å². The van der Waals surface area contributed by atoms with Crippen LogP contribution in [-0.4, -0.2) is 0 Å². The molecule has 0 bridgehead atoms.